The van der Waals surface area contributed by atoms with E-state index in [4.69, 9.17) is 0 Å². The number of nitrogens with zero attached hydrogens (tertiary/aromatic N) is 3. The van der Waals surface area contributed by atoms with Crippen molar-refractivity contribution in [1.82, 2.24) is 14.7 Å². The van der Waals surface area contributed by atoms with Crippen LogP contribution in [0, 0.1) is 0 Å². The zero-order valence-corrected chi connectivity index (χ0v) is 16.7. The van der Waals surface area contributed by atoms with Crippen LogP contribution in [0.25, 0.3) is 0 Å². The molecule has 1 aliphatic carbocycles. The van der Waals surface area contributed by atoms with Crippen molar-refractivity contribution in [3.63, 3.8) is 0 Å². The first-order valence-electron chi connectivity index (χ1n) is 9.85. The molecule has 5 nitrogen and oxygen atoms in total. The number of carbonyl (C=O) groups excluding carboxylic acids is 2. The summed E-state index contributed by atoms with van der Waals surface area (Å²) >= 11 is 1.71. The van der Waals surface area contributed by atoms with Gasteiger partial charge in [-0.2, -0.15) is 0 Å². The van der Waals surface area contributed by atoms with Crippen molar-refractivity contribution in [2.75, 3.05) is 40.3 Å². The van der Waals surface area contributed by atoms with Crippen LogP contribution in [0.15, 0.2) is 6.07 Å². The zero-order valence-electron chi connectivity index (χ0n) is 15.9. The van der Waals surface area contributed by atoms with E-state index < -0.39 is 0 Å². The summed E-state index contributed by atoms with van der Waals surface area (Å²) in [5.41, 5.74) is 1.33. The van der Waals surface area contributed by atoms with E-state index in [1.54, 1.807) is 11.3 Å². The highest BCUT2D eigenvalue weighted by Crippen LogP contribution is 2.34. The maximum absolute atomic E-state index is 13.2. The topological polar surface area (TPSA) is 43.9 Å². The zero-order chi connectivity index (χ0) is 18.3. The lowest BCUT2D eigenvalue weighted by molar-refractivity contribution is -0.129. The second kappa shape index (κ2) is 6.97. The van der Waals surface area contributed by atoms with Crippen LogP contribution in [0.1, 0.15) is 52.2 Å². The van der Waals surface area contributed by atoms with Crippen LogP contribution in [-0.4, -0.2) is 72.3 Å². The number of likely N-dealkylation sites (N-methyl/N-ethyl adjacent to an activating group) is 1. The van der Waals surface area contributed by atoms with Crippen LogP contribution in [-0.2, 0) is 17.6 Å². The summed E-state index contributed by atoms with van der Waals surface area (Å²) < 4.78 is 0. The molecule has 3 heterocycles. The number of hydrogen-bond donors (Lipinski definition) is 0. The molecule has 1 aromatic heterocycles. The number of likely N-dealkylation sites (tertiary alicyclic amines) is 1. The van der Waals surface area contributed by atoms with Crippen LogP contribution in [0.4, 0.5) is 0 Å². The molecule has 1 atom stereocenters. The van der Waals surface area contributed by atoms with Gasteiger partial charge in [0.15, 0.2) is 0 Å². The van der Waals surface area contributed by atoms with E-state index in [1.807, 2.05) is 16.8 Å². The highest BCUT2D eigenvalue weighted by Gasteiger charge is 2.43. The Morgan fingerprint density at radius 2 is 1.88 bits per heavy atom. The van der Waals surface area contributed by atoms with Crippen molar-refractivity contribution in [2.24, 2.45) is 0 Å². The first-order chi connectivity index (χ1) is 12.5. The number of rotatable bonds is 1. The van der Waals surface area contributed by atoms with Gasteiger partial charge in [0.25, 0.3) is 5.91 Å². The van der Waals surface area contributed by atoms with E-state index >= 15 is 0 Å². The van der Waals surface area contributed by atoms with Gasteiger partial charge in [-0.15, -0.1) is 11.3 Å². The monoisotopic (exact) mass is 375 g/mol. The molecule has 4 rings (SSSR count). The first-order valence-corrected chi connectivity index (χ1v) is 10.7. The Morgan fingerprint density at radius 3 is 2.69 bits per heavy atom. The molecule has 0 N–H and O–H groups in total. The number of carbonyl (C=O) groups is 2. The molecule has 0 aromatic carbocycles. The number of thiophene rings is 1. The average Bonchev–Trinajstić information content (AvgIpc) is 3.03. The van der Waals surface area contributed by atoms with Gasteiger partial charge in [0.05, 0.1) is 4.88 Å². The third-order valence-electron chi connectivity index (χ3n) is 6.64. The molecule has 142 valence electrons. The van der Waals surface area contributed by atoms with Crippen LogP contribution in [0.3, 0.4) is 0 Å². The van der Waals surface area contributed by atoms with Gasteiger partial charge in [0.2, 0.25) is 5.91 Å². The van der Waals surface area contributed by atoms with E-state index in [0.29, 0.717) is 6.42 Å². The van der Waals surface area contributed by atoms with Crippen molar-refractivity contribution in [2.45, 2.75) is 50.5 Å². The van der Waals surface area contributed by atoms with Crippen molar-refractivity contribution in [3.05, 3.63) is 21.4 Å². The lowest BCUT2D eigenvalue weighted by atomic mass is 9.86. The quantitative estimate of drug-likeness (QED) is 0.757. The van der Waals surface area contributed by atoms with Crippen molar-refractivity contribution < 1.29 is 9.59 Å². The fourth-order valence-corrected chi connectivity index (χ4v) is 5.91. The van der Waals surface area contributed by atoms with Crippen LogP contribution in [0.5, 0.6) is 0 Å². The molecule has 2 saturated heterocycles. The minimum Gasteiger partial charge on any atom is -0.346 e. The van der Waals surface area contributed by atoms with Crippen LogP contribution < -0.4 is 0 Å². The molecular formula is C20H29N3O2S. The highest BCUT2D eigenvalue weighted by molar-refractivity contribution is 7.14. The second-order valence-electron chi connectivity index (χ2n) is 8.20. The minimum atomic E-state index is -0.0643. The standard InChI is InChI=1S/C20H29N3O2S/c1-21-10-9-20(8-7-18(21)24)14-23(12-11-22(20)2)19(25)17-13-15-5-3-4-6-16(15)26-17/h13H,3-12,14H2,1-2H3. The Morgan fingerprint density at radius 1 is 1.08 bits per heavy atom. The molecule has 1 unspecified atom stereocenters. The summed E-state index contributed by atoms with van der Waals surface area (Å²) in [4.78, 5) is 34.0. The van der Waals surface area contributed by atoms with Gasteiger partial charge in [-0.05, 0) is 57.2 Å². The smallest absolute Gasteiger partial charge is 0.264 e. The summed E-state index contributed by atoms with van der Waals surface area (Å²) in [5, 5.41) is 0. The Balaban J connectivity index is 1.53. The van der Waals surface area contributed by atoms with Gasteiger partial charge < -0.3 is 9.80 Å². The summed E-state index contributed by atoms with van der Waals surface area (Å²) in [5.74, 6) is 0.422. The predicted molar refractivity (Wildman–Crippen MR) is 104 cm³/mol. The fourth-order valence-electron chi connectivity index (χ4n) is 4.68. The predicted octanol–water partition coefficient (Wildman–Crippen LogP) is 2.40. The van der Waals surface area contributed by atoms with E-state index in [0.717, 1.165) is 56.7 Å². The molecule has 6 heteroatoms. The molecule has 2 aliphatic heterocycles. The van der Waals surface area contributed by atoms with Gasteiger partial charge >= 0.3 is 0 Å². The van der Waals surface area contributed by atoms with Crippen LogP contribution in [0.2, 0.25) is 0 Å². The molecule has 0 saturated carbocycles. The summed E-state index contributed by atoms with van der Waals surface area (Å²) in [6.45, 7) is 3.18. The fraction of sp³-hybridized carbons (Fsp3) is 0.700. The Labute approximate surface area is 159 Å². The Kier molecular flexibility index (Phi) is 4.82. The Hall–Kier alpha value is -1.40. The SMILES string of the molecule is CN1CCC2(CCC1=O)CN(C(=O)c1cc3c(s1)CCCC3)CCN2C. The summed E-state index contributed by atoms with van der Waals surface area (Å²) in [7, 11) is 4.05. The molecule has 0 bridgehead atoms. The molecule has 2 fully saturated rings. The normalized spacial score (nSPS) is 27.5. The highest BCUT2D eigenvalue weighted by atomic mass is 32.1. The molecule has 26 heavy (non-hydrogen) atoms. The van der Waals surface area contributed by atoms with E-state index in [9.17, 15) is 9.59 Å². The van der Waals surface area contributed by atoms with E-state index in [1.165, 1.54) is 23.3 Å². The molecule has 1 aromatic rings. The number of hydrogen-bond acceptors (Lipinski definition) is 4. The van der Waals surface area contributed by atoms with Crippen molar-refractivity contribution in [3.8, 4) is 0 Å². The number of fused-ring (bicyclic) bond motifs is 1. The largest absolute Gasteiger partial charge is 0.346 e. The number of aryl methyl sites for hydroxylation is 2. The molecule has 1 spiro atoms. The van der Waals surface area contributed by atoms with E-state index in [-0.39, 0.29) is 17.4 Å². The van der Waals surface area contributed by atoms with Crippen molar-refractivity contribution in [1.29, 1.82) is 0 Å². The minimum absolute atomic E-state index is 0.0643. The lowest BCUT2D eigenvalue weighted by Gasteiger charge is -2.49. The second-order valence-corrected chi connectivity index (χ2v) is 9.34. The molecule has 2 amide bonds. The number of piperazine rings is 1. The first kappa shape index (κ1) is 18.0. The summed E-state index contributed by atoms with van der Waals surface area (Å²) in [6.07, 6.45) is 7.12. The average molecular weight is 376 g/mol. The van der Waals surface area contributed by atoms with Gasteiger partial charge in [0, 0.05) is 50.1 Å². The maximum Gasteiger partial charge on any atom is 0.264 e. The number of amides is 2. The molecular weight excluding hydrogens is 346 g/mol. The van der Waals surface area contributed by atoms with Gasteiger partial charge in [-0.1, -0.05) is 0 Å². The van der Waals surface area contributed by atoms with Crippen molar-refractivity contribution >= 4 is 23.2 Å². The lowest BCUT2D eigenvalue weighted by Crippen LogP contribution is -2.62. The van der Waals surface area contributed by atoms with Crippen LogP contribution >= 0.6 is 11.3 Å². The third kappa shape index (κ3) is 3.18. The van der Waals surface area contributed by atoms with Gasteiger partial charge in [-0.25, -0.2) is 0 Å². The maximum atomic E-state index is 13.2. The molecule has 0 radical (unpaired) electrons. The summed E-state index contributed by atoms with van der Waals surface area (Å²) in [6, 6.07) is 2.15. The molecule has 3 aliphatic rings. The third-order valence-corrected chi connectivity index (χ3v) is 7.86. The van der Waals surface area contributed by atoms with E-state index in [2.05, 4.69) is 18.0 Å². The van der Waals surface area contributed by atoms with Gasteiger partial charge in [-0.3, -0.25) is 14.5 Å². The van der Waals surface area contributed by atoms with Gasteiger partial charge in [0.1, 0.15) is 0 Å². The Bertz CT molecular complexity index is 692.